The maximum absolute atomic E-state index is 12.6. The second-order valence-electron chi connectivity index (χ2n) is 18.6. The molecule has 336 valence electrons. The molecule has 0 aromatic carbocycles. The number of aryl methyl sites for hydroxylation is 2. The minimum atomic E-state index is -3.10. The lowest BCUT2D eigenvalue weighted by molar-refractivity contribution is -0.120. The largest absolute Gasteiger partial charge is 0.493 e. The van der Waals surface area contributed by atoms with Crippen molar-refractivity contribution in [1.29, 1.82) is 0 Å². The van der Waals surface area contributed by atoms with Crippen LogP contribution in [-0.4, -0.2) is 114 Å². The number of nitrogens with zero attached hydrogens (tertiary/aromatic N) is 8. The van der Waals surface area contributed by atoms with Crippen molar-refractivity contribution < 1.29 is 27.5 Å². The van der Waals surface area contributed by atoms with E-state index < -0.39 is 9.84 Å². The van der Waals surface area contributed by atoms with Crippen molar-refractivity contribution >= 4 is 44.8 Å². The van der Waals surface area contributed by atoms with Gasteiger partial charge in [-0.3, -0.25) is 19.6 Å². The van der Waals surface area contributed by atoms with Gasteiger partial charge in [0.15, 0.2) is 33.1 Å². The average Bonchev–Trinajstić information content (AvgIpc) is 3.86. The summed E-state index contributed by atoms with van der Waals surface area (Å²) in [6, 6.07) is 7.14. The molecule has 62 heavy (non-hydrogen) atoms. The predicted molar refractivity (Wildman–Crippen MR) is 248 cm³/mol. The van der Waals surface area contributed by atoms with Gasteiger partial charge >= 0.3 is 0 Å². The molecule has 0 saturated heterocycles. The molecule has 0 N–H and O–H groups in total. The van der Waals surface area contributed by atoms with E-state index in [4.69, 9.17) is 29.4 Å². The zero-order valence-corrected chi connectivity index (χ0v) is 39.8. The van der Waals surface area contributed by atoms with Crippen molar-refractivity contribution in [2.24, 2.45) is 10.8 Å². The quantitative estimate of drug-likeness (QED) is 0.0926. The zero-order chi connectivity index (χ0) is 45.2. The van der Waals surface area contributed by atoms with E-state index in [2.05, 4.69) is 57.8 Å². The van der Waals surface area contributed by atoms with Gasteiger partial charge in [0.2, 0.25) is 0 Å². The molecule has 4 heterocycles. The van der Waals surface area contributed by atoms with E-state index in [0.29, 0.717) is 61.3 Å². The molecule has 16 heteroatoms. The highest BCUT2D eigenvalue weighted by atomic mass is 32.2. The number of fused-ring (bicyclic) bond motifs is 2. The Labute approximate surface area is 372 Å². The fraction of sp³-hybridized carbons (Fsp3) is 0.565. The van der Waals surface area contributed by atoms with E-state index in [0.717, 1.165) is 84.2 Å². The molecular weight excluding hydrogens is 825 g/mol. The van der Waals surface area contributed by atoms with Gasteiger partial charge in [-0.2, -0.15) is 11.8 Å². The normalized spacial score (nSPS) is 13.5. The van der Waals surface area contributed by atoms with Crippen LogP contribution < -0.4 is 19.3 Å². The summed E-state index contributed by atoms with van der Waals surface area (Å²) in [5.74, 6) is 5.25. The summed E-state index contributed by atoms with van der Waals surface area (Å²) in [4.78, 5) is 57.0. The van der Waals surface area contributed by atoms with Gasteiger partial charge in [-0.05, 0) is 67.7 Å². The standard InChI is InChI=1S/C23H32N4O4S.C23H32N4O2S/c1-23(2,3)14-16(28)15-27(4)22-18-7-6-8-19(18)25-21(26-22)20-13-17(9-10-24-20)31-11-12-32(5,29)30;1-23(2,3)14-16(28)15-27(4)22-18-7-6-8-19(18)25-21(26-22)20-13-17(9-10-24-20)29-11-12-30-5/h9-10,13H,6-8,11-12,14-15H2,1-5H3;9-10,13H,6-8,11-12,14-15H2,1-5H3. The summed E-state index contributed by atoms with van der Waals surface area (Å²) in [7, 11) is 0.739. The van der Waals surface area contributed by atoms with Crippen LogP contribution in [0.1, 0.15) is 89.7 Å². The van der Waals surface area contributed by atoms with E-state index in [1.54, 1.807) is 36.3 Å². The van der Waals surface area contributed by atoms with Crippen LogP contribution in [-0.2, 0) is 45.1 Å². The number of anilines is 2. The molecule has 2 aliphatic carbocycles. The minimum Gasteiger partial charge on any atom is -0.493 e. The van der Waals surface area contributed by atoms with Crippen LogP contribution in [0.15, 0.2) is 36.7 Å². The molecule has 0 unspecified atom stereocenters. The van der Waals surface area contributed by atoms with Crippen LogP contribution in [0.5, 0.6) is 11.5 Å². The molecular formula is C46H64N8O6S2. The van der Waals surface area contributed by atoms with Gasteiger partial charge in [0.25, 0.3) is 0 Å². The van der Waals surface area contributed by atoms with Crippen molar-refractivity contribution in [3.63, 3.8) is 0 Å². The summed E-state index contributed by atoms with van der Waals surface area (Å²) in [6.45, 7) is 13.8. The van der Waals surface area contributed by atoms with E-state index in [1.807, 2.05) is 36.0 Å². The maximum Gasteiger partial charge on any atom is 0.180 e. The molecule has 0 saturated carbocycles. The number of hydrogen-bond donors (Lipinski definition) is 0. The van der Waals surface area contributed by atoms with Crippen LogP contribution in [0.25, 0.3) is 23.0 Å². The Morgan fingerprint density at radius 2 is 1.13 bits per heavy atom. The molecule has 0 aliphatic heterocycles. The number of carbonyl (C=O) groups excluding carboxylic acids is 2. The van der Waals surface area contributed by atoms with Gasteiger partial charge in [0.1, 0.15) is 41.1 Å². The number of aromatic nitrogens is 6. The fourth-order valence-electron chi connectivity index (χ4n) is 7.46. The highest BCUT2D eigenvalue weighted by molar-refractivity contribution is 7.98. The third-order valence-corrected chi connectivity index (χ3v) is 11.5. The number of hydrogen-bond acceptors (Lipinski definition) is 15. The molecule has 0 atom stereocenters. The van der Waals surface area contributed by atoms with Gasteiger partial charge in [-0.15, -0.1) is 0 Å². The first-order chi connectivity index (χ1) is 29.2. The molecule has 0 amide bonds. The van der Waals surface area contributed by atoms with E-state index in [1.165, 1.54) is 6.26 Å². The first-order valence-corrected chi connectivity index (χ1v) is 24.7. The molecule has 6 rings (SSSR count). The number of pyridine rings is 2. The highest BCUT2D eigenvalue weighted by Gasteiger charge is 2.27. The fourth-order valence-corrected chi connectivity index (χ4v) is 8.10. The molecule has 0 spiro atoms. The maximum atomic E-state index is 12.6. The average molecular weight is 889 g/mol. The molecule has 14 nitrogen and oxygen atoms in total. The number of ether oxygens (including phenoxy) is 2. The number of Topliss-reactive ketones (excluding diaryl/α,β-unsaturated/α-hetero) is 2. The monoisotopic (exact) mass is 888 g/mol. The third-order valence-electron chi connectivity index (χ3n) is 10.0. The summed E-state index contributed by atoms with van der Waals surface area (Å²) < 4.78 is 34.1. The Morgan fingerprint density at radius 3 is 1.53 bits per heavy atom. The van der Waals surface area contributed by atoms with Crippen LogP contribution in [0.2, 0.25) is 0 Å². The highest BCUT2D eigenvalue weighted by Crippen LogP contribution is 2.33. The van der Waals surface area contributed by atoms with Crippen LogP contribution in [0.4, 0.5) is 11.6 Å². The molecule has 4 aromatic rings. The molecule has 2 aliphatic rings. The summed E-state index contributed by atoms with van der Waals surface area (Å²) in [5, 5.41) is 0. The predicted octanol–water partition coefficient (Wildman–Crippen LogP) is 7.10. The molecule has 4 aromatic heterocycles. The first kappa shape index (κ1) is 48.3. The van der Waals surface area contributed by atoms with Crippen molar-refractivity contribution in [3.05, 3.63) is 59.2 Å². The number of rotatable bonds is 18. The van der Waals surface area contributed by atoms with Crippen molar-refractivity contribution in [2.75, 3.05) is 74.2 Å². The Balaban J connectivity index is 0.000000235. The molecule has 0 fully saturated rings. The molecule has 0 bridgehead atoms. The lowest BCUT2D eigenvalue weighted by atomic mass is 9.90. The Bertz CT molecular complexity index is 2310. The third kappa shape index (κ3) is 14.7. The Kier molecular flexibility index (Phi) is 16.5. The van der Waals surface area contributed by atoms with Crippen LogP contribution >= 0.6 is 11.8 Å². The van der Waals surface area contributed by atoms with Gasteiger partial charge in [-0.1, -0.05) is 41.5 Å². The number of sulfone groups is 1. The van der Waals surface area contributed by atoms with Crippen LogP contribution in [0.3, 0.4) is 0 Å². The number of likely N-dealkylation sites (N-methyl/N-ethyl adjacent to an activating group) is 2. The van der Waals surface area contributed by atoms with Crippen LogP contribution in [0, 0.1) is 10.8 Å². The van der Waals surface area contributed by atoms with Gasteiger partial charge < -0.3 is 19.3 Å². The van der Waals surface area contributed by atoms with Gasteiger partial charge in [0, 0.05) is 86.0 Å². The summed E-state index contributed by atoms with van der Waals surface area (Å²) in [6.07, 6.45) is 13.3. The summed E-state index contributed by atoms with van der Waals surface area (Å²) >= 11 is 1.75. The lowest BCUT2D eigenvalue weighted by Gasteiger charge is -2.23. The number of carbonyl (C=O) groups is 2. The van der Waals surface area contributed by atoms with Crippen molar-refractivity contribution in [1.82, 2.24) is 29.9 Å². The van der Waals surface area contributed by atoms with Crippen molar-refractivity contribution in [3.8, 4) is 34.5 Å². The molecule has 0 radical (unpaired) electrons. The first-order valence-electron chi connectivity index (χ1n) is 21.3. The zero-order valence-electron chi connectivity index (χ0n) is 38.2. The van der Waals surface area contributed by atoms with Crippen molar-refractivity contribution in [2.45, 2.75) is 92.9 Å². The lowest BCUT2D eigenvalue weighted by Crippen LogP contribution is -2.30. The topological polar surface area (TPSA) is 171 Å². The smallest absolute Gasteiger partial charge is 0.180 e. The summed E-state index contributed by atoms with van der Waals surface area (Å²) in [5.41, 5.74) is 5.49. The second-order valence-corrected chi connectivity index (χ2v) is 21.9. The van der Waals surface area contributed by atoms with Gasteiger partial charge in [0.05, 0.1) is 25.4 Å². The van der Waals surface area contributed by atoms with E-state index in [-0.39, 0.29) is 34.8 Å². The number of ketones is 2. The Morgan fingerprint density at radius 1 is 0.694 bits per heavy atom. The number of thioether (sulfide) groups is 1. The SMILES string of the molecule is CN(CC(=O)CC(C)(C)C)c1nc(-c2cc(OCCS(C)(=O)=O)ccn2)nc2c1CCC2.CSCCOc1ccnc(-c2nc3c(c(N(C)CC(=O)CC(C)(C)C)n2)CCC3)c1. The Hall–Kier alpha value is -4.70. The van der Waals surface area contributed by atoms with Gasteiger partial charge in [-0.25, -0.2) is 28.4 Å². The second kappa shape index (κ2) is 21.1. The minimum absolute atomic E-state index is 0.0165. The van der Waals surface area contributed by atoms with E-state index in [9.17, 15) is 18.0 Å². The van der Waals surface area contributed by atoms with E-state index >= 15 is 0 Å².